The van der Waals surface area contributed by atoms with E-state index in [2.05, 4.69) is 17.4 Å². The summed E-state index contributed by atoms with van der Waals surface area (Å²) in [7, 11) is 1.62. The molecule has 1 atom stereocenters. The molecule has 0 heterocycles. The number of rotatable bonds is 10. The van der Waals surface area contributed by atoms with Crippen molar-refractivity contribution in [2.24, 2.45) is 5.92 Å². The lowest BCUT2D eigenvalue weighted by atomic mass is 10.1. The normalized spacial score (nSPS) is 11.8. The number of nitrogens with one attached hydrogen (secondary N) is 1. The lowest BCUT2D eigenvalue weighted by Crippen LogP contribution is -2.48. The first-order valence-electron chi connectivity index (χ1n) is 10.6. The highest BCUT2D eigenvalue weighted by atomic mass is 16.5. The Morgan fingerprint density at radius 2 is 1.73 bits per heavy atom. The smallest absolute Gasteiger partial charge is 0.242 e. The Hall–Kier alpha value is -2.82. The second-order valence-electron chi connectivity index (χ2n) is 8.17. The van der Waals surface area contributed by atoms with Gasteiger partial charge in [-0.05, 0) is 49.4 Å². The largest absolute Gasteiger partial charge is 0.497 e. The summed E-state index contributed by atoms with van der Waals surface area (Å²) in [6, 6.07) is 15.3. The topological polar surface area (TPSA) is 58.6 Å². The molecular weight excluding hydrogens is 376 g/mol. The molecule has 0 aliphatic heterocycles. The minimum absolute atomic E-state index is 0.0365. The number of hydrogen-bond acceptors (Lipinski definition) is 3. The molecule has 2 amide bonds. The monoisotopic (exact) mass is 410 g/mol. The van der Waals surface area contributed by atoms with Crippen LogP contribution in [0.5, 0.6) is 5.75 Å². The van der Waals surface area contributed by atoms with Crippen LogP contribution in [-0.4, -0.2) is 36.4 Å². The molecule has 162 valence electrons. The van der Waals surface area contributed by atoms with Gasteiger partial charge in [0.1, 0.15) is 11.8 Å². The summed E-state index contributed by atoms with van der Waals surface area (Å²) < 4.78 is 5.30. The average Bonchev–Trinajstić information content (AvgIpc) is 2.74. The van der Waals surface area contributed by atoms with Gasteiger partial charge < -0.3 is 15.0 Å². The van der Waals surface area contributed by atoms with E-state index in [0.717, 1.165) is 16.9 Å². The summed E-state index contributed by atoms with van der Waals surface area (Å²) in [4.78, 5) is 27.5. The quantitative estimate of drug-likeness (QED) is 0.641. The van der Waals surface area contributed by atoms with Crippen molar-refractivity contribution >= 4 is 11.8 Å². The number of benzene rings is 2. The highest BCUT2D eigenvalue weighted by molar-refractivity contribution is 5.87. The number of methoxy groups -OCH3 is 1. The number of carbonyl (C=O) groups is 2. The SMILES string of the molecule is COc1cccc(CN(C(=O)CCc2ccc(C)cc2)[C@@H](C)C(=O)NCC(C)C)c1. The Labute approximate surface area is 180 Å². The molecule has 0 aliphatic rings. The van der Waals surface area contributed by atoms with Crippen LogP contribution < -0.4 is 10.1 Å². The van der Waals surface area contributed by atoms with Crippen LogP contribution in [0.2, 0.25) is 0 Å². The minimum Gasteiger partial charge on any atom is -0.497 e. The fourth-order valence-corrected chi connectivity index (χ4v) is 3.15. The van der Waals surface area contributed by atoms with Gasteiger partial charge in [-0.15, -0.1) is 0 Å². The molecule has 5 nitrogen and oxygen atoms in total. The van der Waals surface area contributed by atoms with Gasteiger partial charge in [-0.25, -0.2) is 0 Å². The maximum atomic E-state index is 13.1. The zero-order chi connectivity index (χ0) is 22.1. The van der Waals surface area contributed by atoms with Crippen LogP contribution in [0, 0.1) is 12.8 Å². The molecule has 0 unspecified atom stereocenters. The molecule has 5 heteroatoms. The molecule has 0 radical (unpaired) electrons. The number of hydrogen-bond donors (Lipinski definition) is 1. The molecule has 0 bridgehead atoms. The van der Waals surface area contributed by atoms with Gasteiger partial charge in [-0.3, -0.25) is 9.59 Å². The van der Waals surface area contributed by atoms with Crippen molar-refractivity contribution in [1.82, 2.24) is 10.2 Å². The summed E-state index contributed by atoms with van der Waals surface area (Å²) in [6.07, 6.45) is 1.00. The van der Waals surface area contributed by atoms with Gasteiger partial charge in [0.05, 0.1) is 7.11 Å². The molecule has 0 fully saturated rings. The van der Waals surface area contributed by atoms with E-state index in [0.29, 0.717) is 31.8 Å². The van der Waals surface area contributed by atoms with Gasteiger partial charge >= 0.3 is 0 Å². The number of ether oxygens (including phenoxy) is 1. The van der Waals surface area contributed by atoms with Crippen molar-refractivity contribution in [3.8, 4) is 5.75 Å². The van der Waals surface area contributed by atoms with Gasteiger partial charge in [-0.1, -0.05) is 55.8 Å². The van der Waals surface area contributed by atoms with Crippen LogP contribution in [0.1, 0.15) is 43.9 Å². The molecule has 1 N–H and O–H groups in total. The average molecular weight is 411 g/mol. The number of nitrogens with zero attached hydrogens (tertiary/aromatic N) is 1. The van der Waals surface area contributed by atoms with Gasteiger partial charge in [-0.2, -0.15) is 0 Å². The molecule has 30 heavy (non-hydrogen) atoms. The second-order valence-corrected chi connectivity index (χ2v) is 8.17. The fraction of sp³-hybridized carbons (Fsp3) is 0.440. The highest BCUT2D eigenvalue weighted by Gasteiger charge is 2.26. The first-order chi connectivity index (χ1) is 14.3. The van der Waals surface area contributed by atoms with Gasteiger partial charge in [0.25, 0.3) is 0 Å². The zero-order valence-corrected chi connectivity index (χ0v) is 18.8. The van der Waals surface area contributed by atoms with Crippen molar-refractivity contribution in [1.29, 1.82) is 0 Å². The number of carbonyl (C=O) groups excluding carboxylic acids is 2. The standard InChI is InChI=1S/C25H34N2O3/c1-18(2)16-26-25(29)20(4)27(17-22-7-6-8-23(15-22)30-5)24(28)14-13-21-11-9-19(3)10-12-21/h6-12,15,18,20H,13-14,16-17H2,1-5H3,(H,26,29)/t20-/m0/s1. The lowest BCUT2D eigenvalue weighted by molar-refractivity contribution is -0.140. The molecule has 0 saturated carbocycles. The van der Waals surface area contributed by atoms with Gasteiger partial charge in [0.15, 0.2) is 0 Å². The van der Waals surface area contributed by atoms with E-state index in [-0.39, 0.29) is 11.8 Å². The van der Waals surface area contributed by atoms with Crippen molar-refractivity contribution in [2.45, 2.75) is 53.1 Å². The van der Waals surface area contributed by atoms with E-state index >= 15 is 0 Å². The Balaban J connectivity index is 2.14. The van der Waals surface area contributed by atoms with E-state index in [9.17, 15) is 9.59 Å². The van der Waals surface area contributed by atoms with Crippen molar-refractivity contribution < 1.29 is 14.3 Å². The van der Waals surface area contributed by atoms with E-state index in [1.807, 2.05) is 57.2 Å². The predicted molar refractivity (Wildman–Crippen MR) is 120 cm³/mol. The summed E-state index contributed by atoms with van der Waals surface area (Å²) >= 11 is 0. The van der Waals surface area contributed by atoms with Crippen molar-refractivity contribution in [2.75, 3.05) is 13.7 Å². The molecule has 0 aliphatic carbocycles. The van der Waals surface area contributed by atoms with Crippen LogP contribution in [0.3, 0.4) is 0 Å². The summed E-state index contributed by atoms with van der Waals surface area (Å²) in [5.74, 6) is 0.919. The van der Waals surface area contributed by atoms with E-state index in [1.54, 1.807) is 18.9 Å². The molecule has 0 aromatic heterocycles. The Morgan fingerprint density at radius 3 is 2.37 bits per heavy atom. The van der Waals surface area contributed by atoms with E-state index in [4.69, 9.17) is 4.74 Å². The second kappa shape index (κ2) is 11.4. The first kappa shape index (κ1) is 23.5. The summed E-state index contributed by atoms with van der Waals surface area (Å²) in [5, 5.41) is 2.95. The highest BCUT2D eigenvalue weighted by Crippen LogP contribution is 2.17. The maximum absolute atomic E-state index is 13.1. The van der Waals surface area contributed by atoms with Crippen LogP contribution in [-0.2, 0) is 22.6 Å². The van der Waals surface area contributed by atoms with Gasteiger partial charge in [0.2, 0.25) is 11.8 Å². The molecule has 2 rings (SSSR count). The van der Waals surface area contributed by atoms with Crippen LogP contribution in [0.4, 0.5) is 0 Å². The van der Waals surface area contributed by atoms with E-state index < -0.39 is 6.04 Å². The molecule has 2 aromatic rings. The summed E-state index contributed by atoms with van der Waals surface area (Å²) in [6.45, 7) is 8.88. The van der Waals surface area contributed by atoms with Crippen LogP contribution >= 0.6 is 0 Å². The molecule has 2 aromatic carbocycles. The third kappa shape index (κ3) is 7.21. The van der Waals surface area contributed by atoms with Gasteiger partial charge in [0, 0.05) is 19.5 Å². The van der Waals surface area contributed by atoms with Crippen LogP contribution in [0.15, 0.2) is 48.5 Å². The first-order valence-corrected chi connectivity index (χ1v) is 10.6. The minimum atomic E-state index is -0.555. The Kier molecular flexibility index (Phi) is 8.90. The Morgan fingerprint density at radius 1 is 1.03 bits per heavy atom. The molecule has 0 spiro atoms. The maximum Gasteiger partial charge on any atom is 0.242 e. The van der Waals surface area contributed by atoms with E-state index in [1.165, 1.54) is 5.56 Å². The van der Waals surface area contributed by atoms with Crippen molar-refractivity contribution in [3.05, 3.63) is 65.2 Å². The van der Waals surface area contributed by atoms with Crippen LogP contribution in [0.25, 0.3) is 0 Å². The lowest BCUT2D eigenvalue weighted by Gasteiger charge is -2.29. The third-order valence-corrected chi connectivity index (χ3v) is 5.09. The third-order valence-electron chi connectivity index (χ3n) is 5.09. The fourth-order valence-electron chi connectivity index (χ4n) is 3.15. The number of amides is 2. The summed E-state index contributed by atoms with van der Waals surface area (Å²) in [5.41, 5.74) is 3.24. The molecule has 0 saturated heterocycles. The molecular formula is C25H34N2O3. The zero-order valence-electron chi connectivity index (χ0n) is 18.8. The number of aryl methyl sites for hydroxylation is 2. The van der Waals surface area contributed by atoms with Crippen molar-refractivity contribution in [3.63, 3.8) is 0 Å². The Bertz CT molecular complexity index is 831. The predicted octanol–water partition coefficient (Wildman–Crippen LogP) is 4.13.